The molecule has 0 aliphatic heterocycles. The standard InChI is InChI=1S/C16H21N3O/c1-12-5-6-13(2)14(9-12)18-10-15(20)19-16(11-17)7-3-4-8-16/h5-6,9,18H,3-4,7-8,10H2,1-2H3,(H,19,20). The van der Waals surface area contributed by atoms with E-state index in [1.54, 1.807) is 0 Å². The van der Waals surface area contributed by atoms with Crippen molar-refractivity contribution >= 4 is 11.6 Å². The largest absolute Gasteiger partial charge is 0.376 e. The van der Waals surface area contributed by atoms with Crippen molar-refractivity contribution in [1.82, 2.24) is 5.32 Å². The summed E-state index contributed by atoms with van der Waals surface area (Å²) in [4.78, 5) is 12.0. The molecule has 0 heterocycles. The molecule has 4 nitrogen and oxygen atoms in total. The first-order valence-corrected chi connectivity index (χ1v) is 7.08. The number of hydrogen-bond acceptors (Lipinski definition) is 3. The molecule has 1 aromatic rings. The van der Waals surface area contributed by atoms with E-state index in [-0.39, 0.29) is 12.5 Å². The summed E-state index contributed by atoms with van der Waals surface area (Å²) in [5, 5.41) is 15.3. The number of anilines is 1. The van der Waals surface area contributed by atoms with E-state index < -0.39 is 5.54 Å². The molecule has 2 N–H and O–H groups in total. The zero-order chi connectivity index (χ0) is 14.6. The predicted molar refractivity (Wildman–Crippen MR) is 79.4 cm³/mol. The minimum absolute atomic E-state index is 0.116. The van der Waals surface area contributed by atoms with Crippen LogP contribution in [0.25, 0.3) is 0 Å². The molecule has 0 radical (unpaired) electrons. The molecule has 0 saturated heterocycles. The molecule has 0 spiro atoms. The van der Waals surface area contributed by atoms with Gasteiger partial charge in [0.1, 0.15) is 5.54 Å². The van der Waals surface area contributed by atoms with Crippen LogP contribution in [0.15, 0.2) is 18.2 Å². The van der Waals surface area contributed by atoms with Gasteiger partial charge in [-0.2, -0.15) is 5.26 Å². The third-order valence-corrected chi connectivity index (χ3v) is 3.88. The van der Waals surface area contributed by atoms with Crippen LogP contribution in [-0.4, -0.2) is 18.0 Å². The van der Waals surface area contributed by atoms with Gasteiger partial charge in [-0.3, -0.25) is 4.79 Å². The van der Waals surface area contributed by atoms with E-state index in [0.29, 0.717) is 0 Å². The Balaban J connectivity index is 1.92. The summed E-state index contributed by atoms with van der Waals surface area (Å²) in [5.41, 5.74) is 2.60. The highest BCUT2D eigenvalue weighted by Crippen LogP contribution is 2.28. The lowest BCUT2D eigenvalue weighted by atomic mass is 10.00. The Morgan fingerprint density at radius 2 is 2.05 bits per heavy atom. The lowest BCUT2D eigenvalue weighted by Gasteiger charge is -2.22. The van der Waals surface area contributed by atoms with Gasteiger partial charge in [0.2, 0.25) is 5.91 Å². The average molecular weight is 271 g/mol. The van der Waals surface area contributed by atoms with Gasteiger partial charge < -0.3 is 10.6 Å². The molecule has 0 bridgehead atoms. The zero-order valence-electron chi connectivity index (χ0n) is 12.1. The molecule has 1 saturated carbocycles. The smallest absolute Gasteiger partial charge is 0.240 e. The van der Waals surface area contributed by atoms with Crippen LogP contribution in [0.5, 0.6) is 0 Å². The first-order valence-electron chi connectivity index (χ1n) is 7.08. The molecule has 0 aromatic heterocycles. The molecule has 1 aliphatic carbocycles. The summed E-state index contributed by atoms with van der Waals surface area (Å²) in [5.74, 6) is -0.116. The first-order chi connectivity index (χ1) is 9.54. The zero-order valence-corrected chi connectivity index (χ0v) is 12.1. The number of nitrogens with zero attached hydrogens (tertiary/aromatic N) is 1. The Labute approximate surface area is 120 Å². The van der Waals surface area contributed by atoms with Gasteiger partial charge in [0.15, 0.2) is 0 Å². The van der Waals surface area contributed by atoms with Gasteiger partial charge in [0.05, 0.1) is 12.6 Å². The number of carbonyl (C=O) groups is 1. The average Bonchev–Trinajstić information content (AvgIpc) is 2.89. The fourth-order valence-corrected chi connectivity index (χ4v) is 2.66. The van der Waals surface area contributed by atoms with Crippen molar-refractivity contribution in [3.8, 4) is 6.07 Å². The molecular weight excluding hydrogens is 250 g/mol. The number of aryl methyl sites for hydroxylation is 2. The van der Waals surface area contributed by atoms with Crippen LogP contribution >= 0.6 is 0 Å². The summed E-state index contributed by atoms with van der Waals surface area (Å²) in [6.45, 7) is 4.23. The Kier molecular flexibility index (Phi) is 4.29. The second-order valence-electron chi connectivity index (χ2n) is 5.62. The van der Waals surface area contributed by atoms with E-state index in [1.807, 2.05) is 32.0 Å². The van der Waals surface area contributed by atoms with Crippen LogP contribution in [0.3, 0.4) is 0 Å². The van der Waals surface area contributed by atoms with E-state index in [0.717, 1.165) is 42.5 Å². The van der Waals surface area contributed by atoms with Gasteiger partial charge in [-0.25, -0.2) is 0 Å². The summed E-state index contributed by atoms with van der Waals surface area (Å²) >= 11 is 0. The van der Waals surface area contributed by atoms with Crippen LogP contribution in [0, 0.1) is 25.2 Å². The van der Waals surface area contributed by atoms with Crippen molar-refractivity contribution in [2.45, 2.75) is 45.1 Å². The van der Waals surface area contributed by atoms with Crippen molar-refractivity contribution in [1.29, 1.82) is 5.26 Å². The highest BCUT2D eigenvalue weighted by atomic mass is 16.2. The Morgan fingerprint density at radius 1 is 1.35 bits per heavy atom. The third-order valence-electron chi connectivity index (χ3n) is 3.88. The Bertz CT molecular complexity index is 539. The van der Waals surface area contributed by atoms with E-state index in [1.165, 1.54) is 0 Å². The van der Waals surface area contributed by atoms with Gasteiger partial charge in [-0.15, -0.1) is 0 Å². The highest BCUT2D eigenvalue weighted by molar-refractivity contribution is 5.82. The molecule has 2 rings (SSSR count). The van der Waals surface area contributed by atoms with E-state index in [9.17, 15) is 10.1 Å². The minimum atomic E-state index is -0.638. The number of carbonyl (C=O) groups excluding carboxylic acids is 1. The molecule has 0 unspecified atom stereocenters. The first kappa shape index (κ1) is 14.4. The molecule has 106 valence electrons. The number of amides is 1. The fourth-order valence-electron chi connectivity index (χ4n) is 2.66. The maximum Gasteiger partial charge on any atom is 0.240 e. The lowest BCUT2D eigenvalue weighted by molar-refractivity contribution is -0.120. The van der Waals surface area contributed by atoms with Crippen LogP contribution < -0.4 is 10.6 Å². The lowest BCUT2D eigenvalue weighted by Crippen LogP contribution is -2.47. The van der Waals surface area contributed by atoms with Crippen LogP contribution in [0.1, 0.15) is 36.8 Å². The maximum absolute atomic E-state index is 12.0. The van der Waals surface area contributed by atoms with Gasteiger partial charge in [-0.05, 0) is 56.7 Å². The normalized spacial score (nSPS) is 16.4. The number of rotatable bonds is 4. The van der Waals surface area contributed by atoms with Crippen molar-refractivity contribution in [2.24, 2.45) is 0 Å². The number of nitriles is 1. The molecule has 1 aliphatic rings. The molecule has 1 aromatic carbocycles. The monoisotopic (exact) mass is 271 g/mol. The Morgan fingerprint density at radius 3 is 2.70 bits per heavy atom. The maximum atomic E-state index is 12.0. The van der Waals surface area contributed by atoms with Crippen molar-refractivity contribution in [3.63, 3.8) is 0 Å². The molecule has 20 heavy (non-hydrogen) atoms. The molecule has 1 fully saturated rings. The van der Waals surface area contributed by atoms with Crippen LogP contribution in [-0.2, 0) is 4.79 Å². The second-order valence-corrected chi connectivity index (χ2v) is 5.62. The fraction of sp³-hybridized carbons (Fsp3) is 0.500. The molecule has 1 amide bonds. The van der Waals surface area contributed by atoms with E-state index in [4.69, 9.17) is 0 Å². The molecule has 4 heteroatoms. The van der Waals surface area contributed by atoms with Gasteiger partial charge in [-0.1, -0.05) is 12.1 Å². The third kappa shape index (κ3) is 3.30. The van der Waals surface area contributed by atoms with Crippen molar-refractivity contribution < 1.29 is 4.79 Å². The summed E-state index contributed by atoms with van der Waals surface area (Å²) < 4.78 is 0. The number of hydrogen-bond donors (Lipinski definition) is 2. The quantitative estimate of drug-likeness (QED) is 0.885. The minimum Gasteiger partial charge on any atom is -0.376 e. The van der Waals surface area contributed by atoms with Crippen molar-refractivity contribution in [3.05, 3.63) is 29.3 Å². The highest BCUT2D eigenvalue weighted by Gasteiger charge is 2.35. The summed E-state index contributed by atoms with van der Waals surface area (Å²) in [6, 6.07) is 8.37. The Hall–Kier alpha value is -2.02. The van der Waals surface area contributed by atoms with Gasteiger partial charge in [0, 0.05) is 5.69 Å². The number of nitrogens with one attached hydrogen (secondary N) is 2. The predicted octanol–water partition coefficient (Wildman–Crippen LogP) is 2.67. The second kappa shape index (κ2) is 5.96. The van der Waals surface area contributed by atoms with Crippen molar-refractivity contribution in [2.75, 3.05) is 11.9 Å². The van der Waals surface area contributed by atoms with E-state index >= 15 is 0 Å². The van der Waals surface area contributed by atoms with Gasteiger partial charge >= 0.3 is 0 Å². The summed E-state index contributed by atoms with van der Waals surface area (Å²) in [7, 11) is 0. The summed E-state index contributed by atoms with van der Waals surface area (Å²) in [6.07, 6.45) is 3.55. The van der Waals surface area contributed by atoms with Crippen LogP contribution in [0.2, 0.25) is 0 Å². The number of benzene rings is 1. The van der Waals surface area contributed by atoms with E-state index in [2.05, 4.69) is 16.7 Å². The molecule has 0 atom stereocenters. The topological polar surface area (TPSA) is 64.9 Å². The van der Waals surface area contributed by atoms with Gasteiger partial charge in [0.25, 0.3) is 0 Å². The molecular formula is C16H21N3O. The van der Waals surface area contributed by atoms with Crippen LogP contribution in [0.4, 0.5) is 5.69 Å². The SMILES string of the molecule is Cc1ccc(C)c(NCC(=O)NC2(C#N)CCCC2)c1.